The zero-order chi connectivity index (χ0) is 9.30. The maximum Gasteiger partial charge on any atom is 0.340 e. The molecule has 0 fully saturated rings. The monoisotopic (exact) mass is 189 g/mol. The van der Waals surface area contributed by atoms with E-state index in [2.05, 4.69) is 0 Å². The maximum atomic E-state index is 12.8. The van der Waals surface area contributed by atoms with Gasteiger partial charge in [0.15, 0.2) is 0 Å². The van der Waals surface area contributed by atoms with Crippen molar-refractivity contribution in [2.45, 2.75) is 0 Å². The molecular formula is C7H5ClFNO2. The summed E-state index contributed by atoms with van der Waals surface area (Å²) in [6, 6.07) is 2.17. The smallest absolute Gasteiger partial charge is 0.340 e. The molecule has 0 unspecified atom stereocenters. The van der Waals surface area contributed by atoms with Crippen molar-refractivity contribution < 1.29 is 14.3 Å². The Morgan fingerprint density at radius 3 is 2.58 bits per heavy atom. The van der Waals surface area contributed by atoms with Crippen molar-refractivity contribution in [1.82, 2.24) is 0 Å². The molecule has 1 rings (SSSR count). The van der Waals surface area contributed by atoms with Crippen LogP contribution in [0.5, 0.6) is 0 Å². The number of rotatable bonds is 1. The van der Waals surface area contributed by atoms with Crippen LogP contribution in [0.3, 0.4) is 0 Å². The number of carboxylic acids is 1. The Morgan fingerprint density at radius 2 is 2.17 bits per heavy atom. The van der Waals surface area contributed by atoms with Crippen LogP contribution in [0.25, 0.3) is 0 Å². The van der Waals surface area contributed by atoms with Crippen molar-refractivity contribution in [3.63, 3.8) is 0 Å². The Labute approximate surface area is 72.6 Å². The van der Waals surface area contributed by atoms with E-state index in [4.69, 9.17) is 22.4 Å². The number of carbonyl (C=O) groups is 1. The van der Waals surface area contributed by atoms with E-state index in [9.17, 15) is 9.18 Å². The van der Waals surface area contributed by atoms with Gasteiger partial charge in [0.1, 0.15) is 11.4 Å². The number of benzene rings is 1. The van der Waals surface area contributed by atoms with Gasteiger partial charge in [0.25, 0.3) is 0 Å². The second kappa shape index (κ2) is 2.98. The molecule has 3 N–H and O–H groups in total. The number of nitrogens with two attached hydrogens (primary N) is 1. The number of nitrogen functional groups attached to an aromatic ring is 1. The summed E-state index contributed by atoms with van der Waals surface area (Å²) < 4.78 is 12.8. The van der Waals surface area contributed by atoms with E-state index in [-0.39, 0.29) is 10.7 Å². The molecule has 0 aromatic heterocycles. The molecule has 64 valence electrons. The van der Waals surface area contributed by atoms with Gasteiger partial charge in [-0.3, -0.25) is 0 Å². The van der Waals surface area contributed by atoms with Crippen molar-refractivity contribution in [3.05, 3.63) is 28.5 Å². The van der Waals surface area contributed by atoms with Crippen LogP contribution in [0.15, 0.2) is 12.1 Å². The summed E-state index contributed by atoms with van der Waals surface area (Å²) in [7, 11) is 0. The lowest BCUT2D eigenvalue weighted by Crippen LogP contribution is -2.05. The maximum absolute atomic E-state index is 12.8. The Bertz CT molecular complexity index is 340. The van der Waals surface area contributed by atoms with Crippen LogP contribution in [-0.4, -0.2) is 11.1 Å². The molecule has 0 aliphatic carbocycles. The predicted molar refractivity (Wildman–Crippen MR) is 42.8 cm³/mol. The largest absolute Gasteiger partial charge is 0.478 e. The molecule has 5 heteroatoms. The van der Waals surface area contributed by atoms with Crippen molar-refractivity contribution in [3.8, 4) is 0 Å². The molecule has 1 aromatic carbocycles. The second-order valence-electron chi connectivity index (χ2n) is 2.12. The molecule has 0 aliphatic heterocycles. The lowest BCUT2D eigenvalue weighted by atomic mass is 10.2. The highest BCUT2D eigenvalue weighted by atomic mass is 35.5. The number of hydrogen-bond acceptors (Lipinski definition) is 2. The van der Waals surface area contributed by atoms with Gasteiger partial charge < -0.3 is 10.8 Å². The van der Waals surface area contributed by atoms with Gasteiger partial charge in [-0.15, -0.1) is 0 Å². The van der Waals surface area contributed by atoms with Crippen LogP contribution in [0.1, 0.15) is 10.4 Å². The highest BCUT2D eigenvalue weighted by Crippen LogP contribution is 2.24. The number of carboxylic acid groups (broad SMARTS) is 1. The van der Waals surface area contributed by atoms with E-state index in [1.54, 1.807) is 0 Å². The van der Waals surface area contributed by atoms with E-state index in [0.29, 0.717) is 0 Å². The van der Waals surface area contributed by atoms with Gasteiger partial charge in [-0.1, -0.05) is 11.6 Å². The fraction of sp³-hybridized carbons (Fsp3) is 0. The molecule has 0 heterocycles. The SMILES string of the molecule is Nc1c(Cl)ccc(F)c1C(=O)O. The summed E-state index contributed by atoms with van der Waals surface area (Å²) in [4.78, 5) is 10.4. The van der Waals surface area contributed by atoms with Crippen LogP contribution in [0, 0.1) is 5.82 Å². The first kappa shape index (κ1) is 8.80. The highest BCUT2D eigenvalue weighted by Gasteiger charge is 2.15. The summed E-state index contributed by atoms with van der Waals surface area (Å²) in [6.45, 7) is 0. The van der Waals surface area contributed by atoms with E-state index in [1.807, 2.05) is 0 Å². The molecule has 3 nitrogen and oxygen atoms in total. The zero-order valence-electron chi connectivity index (χ0n) is 5.84. The normalized spacial score (nSPS) is 9.83. The van der Waals surface area contributed by atoms with Crippen molar-refractivity contribution in [2.75, 3.05) is 5.73 Å². The van der Waals surface area contributed by atoms with E-state index >= 15 is 0 Å². The Kier molecular flexibility index (Phi) is 2.19. The molecule has 0 atom stereocenters. The van der Waals surface area contributed by atoms with Gasteiger partial charge in [0.2, 0.25) is 0 Å². The van der Waals surface area contributed by atoms with Crippen LogP contribution >= 0.6 is 11.6 Å². The third-order valence-electron chi connectivity index (χ3n) is 1.36. The summed E-state index contributed by atoms with van der Waals surface area (Å²) in [5.41, 5.74) is 4.40. The number of halogens is 2. The Hall–Kier alpha value is -1.29. The van der Waals surface area contributed by atoms with Crippen molar-refractivity contribution >= 4 is 23.3 Å². The van der Waals surface area contributed by atoms with Gasteiger partial charge in [-0.2, -0.15) is 0 Å². The average Bonchev–Trinajstić information content (AvgIpc) is 1.97. The van der Waals surface area contributed by atoms with Crippen LogP contribution in [0.4, 0.5) is 10.1 Å². The van der Waals surface area contributed by atoms with Gasteiger partial charge in [-0.25, -0.2) is 9.18 Å². The highest BCUT2D eigenvalue weighted by molar-refractivity contribution is 6.33. The minimum atomic E-state index is -1.42. The first-order valence-electron chi connectivity index (χ1n) is 3.01. The fourth-order valence-corrected chi connectivity index (χ4v) is 0.942. The van der Waals surface area contributed by atoms with Crippen LogP contribution < -0.4 is 5.73 Å². The van der Waals surface area contributed by atoms with Gasteiger partial charge >= 0.3 is 5.97 Å². The van der Waals surface area contributed by atoms with Crippen molar-refractivity contribution in [2.24, 2.45) is 0 Å². The van der Waals surface area contributed by atoms with Crippen LogP contribution in [-0.2, 0) is 0 Å². The lowest BCUT2D eigenvalue weighted by molar-refractivity contribution is 0.0693. The minimum Gasteiger partial charge on any atom is -0.478 e. The molecule has 12 heavy (non-hydrogen) atoms. The summed E-state index contributed by atoms with van der Waals surface area (Å²) >= 11 is 5.47. The lowest BCUT2D eigenvalue weighted by Gasteiger charge is -2.02. The zero-order valence-corrected chi connectivity index (χ0v) is 6.60. The Balaban J connectivity index is 3.43. The third-order valence-corrected chi connectivity index (χ3v) is 1.68. The quantitative estimate of drug-likeness (QED) is 0.662. The van der Waals surface area contributed by atoms with E-state index < -0.39 is 17.3 Å². The minimum absolute atomic E-state index is 0.0359. The molecule has 1 aromatic rings. The summed E-state index contributed by atoms with van der Waals surface area (Å²) in [6.07, 6.45) is 0. The summed E-state index contributed by atoms with van der Waals surface area (Å²) in [5.74, 6) is -2.31. The van der Waals surface area contributed by atoms with Crippen molar-refractivity contribution in [1.29, 1.82) is 0 Å². The molecule has 0 saturated heterocycles. The first-order chi connectivity index (χ1) is 5.54. The fourth-order valence-electron chi connectivity index (χ4n) is 0.785. The van der Waals surface area contributed by atoms with Crippen LogP contribution in [0.2, 0.25) is 5.02 Å². The third kappa shape index (κ3) is 1.33. The number of anilines is 1. The molecule has 0 amide bonds. The van der Waals surface area contributed by atoms with Gasteiger partial charge in [0, 0.05) is 0 Å². The molecular weight excluding hydrogens is 185 g/mol. The molecule has 0 saturated carbocycles. The predicted octanol–water partition coefficient (Wildman–Crippen LogP) is 1.76. The van der Waals surface area contributed by atoms with Gasteiger partial charge in [0.05, 0.1) is 10.7 Å². The molecule has 0 aliphatic rings. The second-order valence-corrected chi connectivity index (χ2v) is 2.53. The Morgan fingerprint density at radius 1 is 1.58 bits per heavy atom. The topological polar surface area (TPSA) is 63.3 Å². The number of hydrogen-bond donors (Lipinski definition) is 2. The summed E-state index contributed by atoms with van der Waals surface area (Å²) in [5, 5.41) is 8.53. The molecule has 0 spiro atoms. The van der Waals surface area contributed by atoms with Gasteiger partial charge in [-0.05, 0) is 12.1 Å². The van der Waals surface area contributed by atoms with E-state index in [1.165, 1.54) is 6.07 Å². The average molecular weight is 190 g/mol. The molecule has 0 radical (unpaired) electrons. The first-order valence-corrected chi connectivity index (χ1v) is 3.38. The number of aromatic carboxylic acids is 1. The molecule has 0 bridgehead atoms. The standard InChI is InChI=1S/C7H5ClFNO2/c8-3-1-2-4(9)5(6(3)10)7(11)12/h1-2H,10H2,(H,11,12). The van der Waals surface area contributed by atoms with E-state index in [0.717, 1.165) is 6.07 Å².